The molecular weight excluding hydrogens is 194 g/mol. The van der Waals surface area contributed by atoms with E-state index in [1.807, 2.05) is 13.0 Å². The highest BCUT2D eigenvalue weighted by molar-refractivity contribution is 5.79. The third-order valence-electron chi connectivity index (χ3n) is 2.18. The molecule has 0 radical (unpaired) electrons. The van der Waals surface area contributed by atoms with Gasteiger partial charge in [0.05, 0.1) is 10.9 Å². The zero-order chi connectivity index (χ0) is 11.0. The molecule has 0 fully saturated rings. The molecule has 15 heavy (non-hydrogen) atoms. The van der Waals surface area contributed by atoms with Gasteiger partial charge in [-0.1, -0.05) is 11.6 Å². The Morgan fingerprint density at radius 1 is 1.47 bits per heavy atom. The number of aromatic nitrogens is 2. The van der Waals surface area contributed by atoms with E-state index in [4.69, 9.17) is 11.7 Å². The van der Waals surface area contributed by atoms with Crippen molar-refractivity contribution in [2.24, 2.45) is 5.84 Å². The number of hydrogen-bond acceptors (Lipinski definition) is 5. The van der Waals surface area contributed by atoms with Crippen LogP contribution in [0, 0.1) is 6.92 Å². The first-order valence-electron chi connectivity index (χ1n) is 4.38. The number of aryl methyl sites for hydroxylation is 1. The molecule has 2 rings (SSSR count). The van der Waals surface area contributed by atoms with Crippen molar-refractivity contribution in [2.75, 3.05) is 11.3 Å². The van der Waals surface area contributed by atoms with Crippen LogP contribution in [-0.4, -0.2) is 9.66 Å². The highest BCUT2D eigenvalue weighted by atomic mass is 16.1. The molecule has 0 aliphatic heterocycles. The summed E-state index contributed by atoms with van der Waals surface area (Å²) in [4.78, 5) is 15.9. The SMILES string of the molecule is Cc1ccc2nc(NN)n(N)c(=O)c2c1. The quantitative estimate of drug-likeness (QED) is 0.438. The number of nitrogens with two attached hydrogens (primary N) is 2. The van der Waals surface area contributed by atoms with Crippen molar-refractivity contribution in [3.8, 4) is 0 Å². The summed E-state index contributed by atoms with van der Waals surface area (Å²) in [6, 6.07) is 5.37. The van der Waals surface area contributed by atoms with E-state index in [0.29, 0.717) is 10.9 Å². The lowest BCUT2D eigenvalue weighted by molar-refractivity contribution is 0.911. The Balaban J connectivity index is 2.91. The first kappa shape index (κ1) is 9.47. The second kappa shape index (κ2) is 3.25. The first-order chi connectivity index (χ1) is 7.13. The molecule has 2 aromatic rings. The molecule has 0 saturated carbocycles. The minimum Gasteiger partial charge on any atom is -0.333 e. The topological polar surface area (TPSA) is 99.0 Å². The van der Waals surface area contributed by atoms with Gasteiger partial charge in [-0.3, -0.25) is 10.2 Å². The van der Waals surface area contributed by atoms with E-state index < -0.39 is 0 Å². The molecule has 0 atom stereocenters. The van der Waals surface area contributed by atoms with Gasteiger partial charge in [-0.2, -0.15) is 4.68 Å². The zero-order valence-electron chi connectivity index (χ0n) is 8.19. The molecule has 0 aliphatic rings. The van der Waals surface area contributed by atoms with Gasteiger partial charge in [0.25, 0.3) is 5.56 Å². The van der Waals surface area contributed by atoms with Crippen LogP contribution in [0.4, 0.5) is 5.95 Å². The zero-order valence-corrected chi connectivity index (χ0v) is 8.19. The third-order valence-corrected chi connectivity index (χ3v) is 2.18. The fraction of sp³-hybridized carbons (Fsp3) is 0.111. The van der Waals surface area contributed by atoms with Crippen molar-refractivity contribution in [1.82, 2.24) is 9.66 Å². The van der Waals surface area contributed by atoms with Crippen LogP contribution in [0.25, 0.3) is 10.9 Å². The molecule has 0 unspecified atom stereocenters. The van der Waals surface area contributed by atoms with Crippen molar-refractivity contribution >= 4 is 16.9 Å². The van der Waals surface area contributed by atoms with Gasteiger partial charge >= 0.3 is 0 Å². The summed E-state index contributed by atoms with van der Waals surface area (Å²) < 4.78 is 0.891. The maximum Gasteiger partial charge on any atom is 0.281 e. The Bertz CT molecular complexity index is 574. The van der Waals surface area contributed by atoms with Crippen molar-refractivity contribution < 1.29 is 0 Å². The minimum atomic E-state index is -0.323. The number of fused-ring (bicyclic) bond motifs is 1. The van der Waals surface area contributed by atoms with E-state index in [0.717, 1.165) is 10.2 Å². The Kier molecular flexibility index (Phi) is 2.05. The predicted octanol–water partition coefficient (Wildman–Crippen LogP) is -0.296. The highest BCUT2D eigenvalue weighted by Gasteiger charge is 2.07. The molecule has 6 heteroatoms. The predicted molar refractivity (Wildman–Crippen MR) is 58.7 cm³/mol. The standard InChI is InChI=1S/C9H11N5O/c1-5-2-3-7-6(4-5)8(15)14(11)9(12-7)13-10/h2-4H,10-11H2,1H3,(H,12,13). The van der Waals surface area contributed by atoms with Gasteiger partial charge < -0.3 is 5.84 Å². The summed E-state index contributed by atoms with van der Waals surface area (Å²) in [5.41, 5.74) is 3.50. The number of hydrogen-bond donors (Lipinski definition) is 3. The summed E-state index contributed by atoms with van der Waals surface area (Å²) in [5, 5.41) is 0.483. The molecule has 0 spiro atoms. The summed E-state index contributed by atoms with van der Waals surface area (Å²) in [7, 11) is 0. The van der Waals surface area contributed by atoms with Gasteiger partial charge in [-0.25, -0.2) is 10.8 Å². The van der Waals surface area contributed by atoms with E-state index in [-0.39, 0.29) is 11.5 Å². The lowest BCUT2D eigenvalue weighted by Gasteiger charge is -2.07. The van der Waals surface area contributed by atoms with Crippen LogP contribution in [0.5, 0.6) is 0 Å². The van der Waals surface area contributed by atoms with Gasteiger partial charge in [0.1, 0.15) is 0 Å². The third kappa shape index (κ3) is 1.40. The molecule has 5 N–H and O–H groups in total. The number of benzene rings is 1. The molecule has 1 aromatic heterocycles. The van der Waals surface area contributed by atoms with Gasteiger partial charge in [0, 0.05) is 0 Å². The molecular formula is C9H11N5O. The maximum absolute atomic E-state index is 11.8. The molecule has 0 aliphatic carbocycles. The average Bonchev–Trinajstić information content (AvgIpc) is 2.24. The lowest BCUT2D eigenvalue weighted by Crippen LogP contribution is -2.32. The van der Waals surface area contributed by atoms with Crippen molar-refractivity contribution in [1.29, 1.82) is 0 Å². The molecule has 0 saturated heterocycles. The van der Waals surface area contributed by atoms with Crippen LogP contribution >= 0.6 is 0 Å². The number of nitrogen functional groups attached to an aromatic ring is 2. The second-order valence-corrected chi connectivity index (χ2v) is 3.28. The summed E-state index contributed by atoms with van der Waals surface area (Å²) in [6.07, 6.45) is 0. The van der Waals surface area contributed by atoms with Crippen LogP contribution in [0.15, 0.2) is 23.0 Å². The fourth-order valence-electron chi connectivity index (χ4n) is 1.41. The molecule has 1 aromatic carbocycles. The summed E-state index contributed by atoms with van der Waals surface area (Å²) in [6.45, 7) is 1.90. The Labute approximate surface area is 85.5 Å². The molecule has 1 heterocycles. The summed E-state index contributed by atoms with van der Waals surface area (Å²) in [5.74, 6) is 10.8. The van der Waals surface area contributed by atoms with Gasteiger partial charge in [0.15, 0.2) is 0 Å². The molecule has 6 nitrogen and oxygen atoms in total. The molecule has 0 amide bonds. The van der Waals surface area contributed by atoms with Crippen LogP contribution in [-0.2, 0) is 0 Å². The van der Waals surface area contributed by atoms with E-state index in [9.17, 15) is 4.79 Å². The largest absolute Gasteiger partial charge is 0.333 e. The number of nitrogens with zero attached hydrogens (tertiary/aromatic N) is 2. The van der Waals surface area contributed by atoms with Gasteiger partial charge in [-0.15, -0.1) is 0 Å². The Morgan fingerprint density at radius 3 is 2.87 bits per heavy atom. The average molecular weight is 205 g/mol. The smallest absolute Gasteiger partial charge is 0.281 e. The second-order valence-electron chi connectivity index (χ2n) is 3.28. The van der Waals surface area contributed by atoms with Crippen LogP contribution < -0.4 is 22.7 Å². The highest BCUT2D eigenvalue weighted by Crippen LogP contribution is 2.11. The maximum atomic E-state index is 11.8. The minimum absolute atomic E-state index is 0.136. The summed E-state index contributed by atoms with van der Waals surface area (Å²) >= 11 is 0. The normalized spacial score (nSPS) is 10.5. The van der Waals surface area contributed by atoms with Gasteiger partial charge in [-0.05, 0) is 19.1 Å². The van der Waals surface area contributed by atoms with Crippen molar-refractivity contribution in [3.63, 3.8) is 0 Å². The molecule has 0 bridgehead atoms. The van der Waals surface area contributed by atoms with E-state index >= 15 is 0 Å². The monoisotopic (exact) mass is 205 g/mol. The van der Waals surface area contributed by atoms with E-state index in [1.165, 1.54) is 0 Å². The van der Waals surface area contributed by atoms with Crippen molar-refractivity contribution in [3.05, 3.63) is 34.1 Å². The Hall–Kier alpha value is -2.08. The Morgan fingerprint density at radius 2 is 2.20 bits per heavy atom. The van der Waals surface area contributed by atoms with Crippen molar-refractivity contribution in [2.45, 2.75) is 6.92 Å². The van der Waals surface area contributed by atoms with Crippen LogP contribution in [0.3, 0.4) is 0 Å². The lowest BCUT2D eigenvalue weighted by atomic mass is 10.2. The first-order valence-corrected chi connectivity index (χ1v) is 4.38. The van der Waals surface area contributed by atoms with Crippen LogP contribution in [0.2, 0.25) is 0 Å². The number of anilines is 1. The van der Waals surface area contributed by atoms with Crippen LogP contribution in [0.1, 0.15) is 5.56 Å². The van der Waals surface area contributed by atoms with E-state index in [2.05, 4.69) is 10.4 Å². The number of rotatable bonds is 1. The van der Waals surface area contributed by atoms with Gasteiger partial charge in [0.2, 0.25) is 5.95 Å². The fourth-order valence-corrected chi connectivity index (χ4v) is 1.41. The molecule has 78 valence electrons. The number of hydrazine groups is 1. The number of nitrogens with one attached hydrogen (secondary N) is 1. The van der Waals surface area contributed by atoms with E-state index in [1.54, 1.807) is 12.1 Å².